The van der Waals surface area contributed by atoms with Gasteiger partial charge in [-0.2, -0.15) is 0 Å². The summed E-state index contributed by atoms with van der Waals surface area (Å²) in [6, 6.07) is 5.30. The minimum atomic E-state index is -0.808. The molecular weight excluding hydrogens is 498 g/mol. The highest BCUT2D eigenvalue weighted by atomic mass is 79.9. The Labute approximate surface area is 210 Å². The predicted octanol–water partition coefficient (Wildman–Crippen LogP) is 4.82. The Bertz CT molecular complexity index is 985. The number of fused-ring (bicyclic) bond motifs is 1. The molecule has 2 aliphatic rings. The second kappa shape index (κ2) is 11.6. The maximum Gasteiger partial charge on any atom is 0.233 e. The van der Waals surface area contributed by atoms with Crippen LogP contribution in [0.25, 0.3) is 6.08 Å². The van der Waals surface area contributed by atoms with Crippen LogP contribution in [0.3, 0.4) is 0 Å². The molecule has 0 radical (unpaired) electrons. The lowest BCUT2D eigenvalue weighted by molar-refractivity contribution is -0.140. The zero-order valence-corrected chi connectivity index (χ0v) is 21.8. The number of nitrogens with zero attached hydrogens (tertiary/aromatic N) is 1. The highest BCUT2D eigenvalue weighted by Gasteiger charge is 2.54. The van der Waals surface area contributed by atoms with E-state index in [4.69, 9.17) is 0 Å². The van der Waals surface area contributed by atoms with Gasteiger partial charge in [-0.3, -0.25) is 14.5 Å². The molecule has 2 amide bonds. The fourth-order valence-electron chi connectivity index (χ4n) is 5.56. The Balaban J connectivity index is 1.81. The summed E-state index contributed by atoms with van der Waals surface area (Å²) in [5.74, 6) is -1.74. The van der Waals surface area contributed by atoms with Crippen LogP contribution >= 0.6 is 15.9 Å². The smallest absolute Gasteiger partial charge is 0.233 e. The van der Waals surface area contributed by atoms with E-state index in [2.05, 4.69) is 22.9 Å². The molecule has 1 saturated heterocycles. The van der Waals surface area contributed by atoms with Gasteiger partial charge in [-0.15, -0.1) is 0 Å². The number of phenols is 1. The number of amides is 2. The van der Waals surface area contributed by atoms with Crippen molar-refractivity contribution in [1.29, 1.82) is 0 Å². The number of carbonyl (C=O) groups is 2. The van der Waals surface area contributed by atoms with Gasteiger partial charge >= 0.3 is 0 Å². The second-order valence-electron chi connectivity index (χ2n) is 9.50. The van der Waals surface area contributed by atoms with Crippen molar-refractivity contribution < 1.29 is 24.9 Å². The van der Waals surface area contributed by atoms with Crippen molar-refractivity contribution in [2.24, 2.45) is 17.8 Å². The number of halogens is 1. The Morgan fingerprint density at radius 3 is 2.59 bits per heavy atom. The van der Waals surface area contributed by atoms with E-state index in [1.54, 1.807) is 12.1 Å². The van der Waals surface area contributed by atoms with Gasteiger partial charge < -0.3 is 15.3 Å². The van der Waals surface area contributed by atoms with E-state index in [1.807, 2.05) is 26.0 Å². The summed E-state index contributed by atoms with van der Waals surface area (Å²) in [5.41, 5.74) is 3.45. The van der Waals surface area contributed by atoms with Crippen LogP contribution in [0.5, 0.6) is 5.75 Å². The summed E-state index contributed by atoms with van der Waals surface area (Å²) in [6.07, 6.45) is 5.15. The zero-order chi connectivity index (χ0) is 25.0. The maximum atomic E-state index is 13.1. The standard InChI is InChI=1S/C27H36BrNO5/c1-4-6-17(13-18-14-19(28)8-10-22(18)31)7-9-23(32)24-16(3)12-20-25(21(24)15-30)27(34)29(11-5-2)26(20)33/h8,10,13-14,20-21,23,25,30-32H,4-7,9,11-12,15H2,1-3H3/b17-13+/t20-,21+,23-,25-/m1/s1. The molecule has 3 N–H and O–H groups in total. The van der Waals surface area contributed by atoms with Gasteiger partial charge in [0, 0.05) is 22.5 Å². The molecule has 6 nitrogen and oxygen atoms in total. The van der Waals surface area contributed by atoms with Crippen LogP contribution in [0, 0.1) is 17.8 Å². The lowest BCUT2D eigenvalue weighted by atomic mass is 9.68. The molecule has 186 valence electrons. The Kier molecular flexibility index (Phi) is 9.13. The highest BCUT2D eigenvalue weighted by molar-refractivity contribution is 9.10. The summed E-state index contributed by atoms with van der Waals surface area (Å²) in [5, 5.41) is 31.7. The van der Waals surface area contributed by atoms with Crippen molar-refractivity contribution >= 4 is 33.8 Å². The van der Waals surface area contributed by atoms with Crippen LogP contribution in [0.4, 0.5) is 0 Å². The van der Waals surface area contributed by atoms with Gasteiger partial charge in [0.15, 0.2) is 0 Å². The van der Waals surface area contributed by atoms with Crippen LogP contribution < -0.4 is 0 Å². The molecule has 0 spiro atoms. The van der Waals surface area contributed by atoms with Gasteiger partial charge in [-0.05, 0) is 62.8 Å². The third-order valence-electron chi connectivity index (χ3n) is 7.08. The molecule has 1 aromatic carbocycles. The molecule has 1 aromatic rings. The van der Waals surface area contributed by atoms with E-state index in [9.17, 15) is 24.9 Å². The van der Waals surface area contributed by atoms with Gasteiger partial charge in [-0.1, -0.05) is 53.4 Å². The van der Waals surface area contributed by atoms with Gasteiger partial charge in [0.1, 0.15) is 5.75 Å². The average Bonchev–Trinajstić information content (AvgIpc) is 3.03. The molecule has 1 aliphatic carbocycles. The third-order valence-corrected chi connectivity index (χ3v) is 7.58. The summed E-state index contributed by atoms with van der Waals surface area (Å²) in [6.45, 7) is 6.05. The summed E-state index contributed by atoms with van der Waals surface area (Å²) in [4.78, 5) is 27.2. The van der Waals surface area contributed by atoms with E-state index in [0.717, 1.165) is 34.0 Å². The molecule has 1 heterocycles. The number of aliphatic hydroxyl groups is 2. The number of carbonyl (C=O) groups excluding carboxylic acids is 2. The molecule has 1 fully saturated rings. The van der Waals surface area contributed by atoms with Crippen LogP contribution in [0.15, 0.2) is 39.4 Å². The number of hydrogen-bond donors (Lipinski definition) is 3. The van der Waals surface area contributed by atoms with Gasteiger partial charge in [0.25, 0.3) is 0 Å². The average molecular weight is 534 g/mol. The molecular formula is C27H36BrNO5. The number of allylic oxidation sites excluding steroid dienone is 2. The van der Waals surface area contributed by atoms with E-state index in [-0.39, 0.29) is 24.2 Å². The molecule has 7 heteroatoms. The van der Waals surface area contributed by atoms with Crippen LogP contribution in [-0.4, -0.2) is 51.3 Å². The van der Waals surface area contributed by atoms with Crippen LogP contribution in [0.2, 0.25) is 0 Å². The first-order valence-electron chi connectivity index (χ1n) is 12.2. The largest absolute Gasteiger partial charge is 0.507 e. The first-order valence-corrected chi connectivity index (χ1v) is 13.0. The molecule has 1 aliphatic heterocycles. The number of likely N-dealkylation sites (tertiary alicyclic amines) is 1. The molecule has 3 rings (SSSR count). The molecule has 34 heavy (non-hydrogen) atoms. The van der Waals surface area contributed by atoms with Crippen molar-refractivity contribution in [3.63, 3.8) is 0 Å². The lowest BCUT2D eigenvalue weighted by Gasteiger charge is -2.35. The Hall–Kier alpha value is -1.96. The zero-order valence-electron chi connectivity index (χ0n) is 20.3. The topological polar surface area (TPSA) is 98.1 Å². The third kappa shape index (κ3) is 5.47. The molecule has 0 unspecified atom stereocenters. The van der Waals surface area contributed by atoms with E-state index in [1.165, 1.54) is 4.90 Å². The summed E-state index contributed by atoms with van der Waals surface area (Å²) >= 11 is 3.44. The number of imide groups is 1. The minimum Gasteiger partial charge on any atom is -0.507 e. The predicted molar refractivity (Wildman–Crippen MR) is 136 cm³/mol. The summed E-state index contributed by atoms with van der Waals surface area (Å²) in [7, 11) is 0. The Morgan fingerprint density at radius 2 is 1.94 bits per heavy atom. The van der Waals surface area contributed by atoms with Crippen molar-refractivity contribution in [3.05, 3.63) is 45.0 Å². The SMILES string of the molecule is CCC/C(=C\c1cc(Br)ccc1O)CC[C@@H](O)C1=C(C)C[C@H]2C(=O)N(CCC)C(=O)[C@H]2[C@H]1CO. The fraction of sp³-hybridized carbons (Fsp3) is 0.556. The van der Waals surface area contributed by atoms with E-state index < -0.39 is 23.9 Å². The van der Waals surface area contributed by atoms with Gasteiger partial charge in [0.05, 0.1) is 24.5 Å². The van der Waals surface area contributed by atoms with E-state index >= 15 is 0 Å². The number of phenolic OH excluding ortho intramolecular Hbond substituents is 1. The molecule has 0 saturated carbocycles. The van der Waals surface area contributed by atoms with Crippen LogP contribution in [-0.2, 0) is 9.59 Å². The quantitative estimate of drug-likeness (QED) is 0.296. The van der Waals surface area contributed by atoms with Crippen molar-refractivity contribution in [3.8, 4) is 5.75 Å². The van der Waals surface area contributed by atoms with E-state index in [0.29, 0.717) is 37.8 Å². The normalized spacial score (nSPS) is 24.1. The van der Waals surface area contributed by atoms with Gasteiger partial charge in [-0.25, -0.2) is 0 Å². The molecule has 0 aromatic heterocycles. The summed E-state index contributed by atoms with van der Waals surface area (Å²) < 4.78 is 0.878. The molecule has 4 atom stereocenters. The van der Waals surface area contributed by atoms with Crippen LogP contribution in [0.1, 0.15) is 64.9 Å². The van der Waals surface area contributed by atoms with Gasteiger partial charge in [0.2, 0.25) is 11.8 Å². The second-order valence-corrected chi connectivity index (χ2v) is 10.4. The number of aromatic hydroxyl groups is 1. The number of hydrogen-bond acceptors (Lipinski definition) is 5. The minimum absolute atomic E-state index is 0.148. The number of aliphatic hydroxyl groups excluding tert-OH is 2. The molecule has 0 bridgehead atoms. The Morgan fingerprint density at radius 1 is 1.21 bits per heavy atom. The monoisotopic (exact) mass is 533 g/mol. The highest BCUT2D eigenvalue weighted by Crippen LogP contribution is 2.46. The lowest BCUT2D eigenvalue weighted by Crippen LogP contribution is -2.38. The first-order chi connectivity index (χ1) is 16.2. The van der Waals surface area contributed by atoms with Crippen molar-refractivity contribution in [2.75, 3.05) is 13.2 Å². The maximum absolute atomic E-state index is 13.1. The number of rotatable bonds is 10. The number of benzene rings is 1. The first kappa shape index (κ1) is 26.6. The van der Waals surface area contributed by atoms with Crippen molar-refractivity contribution in [2.45, 2.75) is 65.4 Å². The fourth-order valence-corrected chi connectivity index (χ4v) is 5.93. The van der Waals surface area contributed by atoms with Crippen molar-refractivity contribution in [1.82, 2.24) is 4.90 Å².